The lowest BCUT2D eigenvalue weighted by Gasteiger charge is -2.30. The number of phenolic OH excluding ortho intramolecular Hbond substituents is 1. The number of aromatic hydroxyl groups is 1. The van der Waals surface area contributed by atoms with Gasteiger partial charge in [0.25, 0.3) is 0 Å². The number of allylic oxidation sites excluding steroid dienone is 2. The van der Waals surface area contributed by atoms with Gasteiger partial charge in [-0.2, -0.15) is 5.10 Å². The monoisotopic (exact) mass is 428 g/mol. The van der Waals surface area contributed by atoms with Crippen molar-refractivity contribution in [1.82, 2.24) is 10.2 Å². The molecule has 1 aliphatic rings. The van der Waals surface area contributed by atoms with E-state index in [4.69, 9.17) is 9.15 Å². The van der Waals surface area contributed by atoms with Gasteiger partial charge in [0.2, 0.25) is 5.43 Å². The molecule has 4 aromatic rings. The fourth-order valence-electron chi connectivity index (χ4n) is 4.06. The molecule has 2 aromatic heterocycles. The quantitative estimate of drug-likeness (QED) is 0.407. The lowest BCUT2D eigenvalue weighted by atomic mass is 9.93. The lowest BCUT2D eigenvalue weighted by Crippen LogP contribution is -2.28. The molecule has 0 unspecified atom stereocenters. The summed E-state index contributed by atoms with van der Waals surface area (Å²) in [6.45, 7) is 7.88. The normalized spacial score (nSPS) is 14.4. The second-order valence-corrected chi connectivity index (χ2v) is 8.95. The molecule has 6 nitrogen and oxygen atoms in total. The zero-order valence-electron chi connectivity index (χ0n) is 18.4. The summed E-state index contributed by atoms with van der Waals surface area (Å²) in [4.78, 5) is 13.6. The highest BCUT2D eigenvalue weighted by Crippen LogP contribution is 2.44. The van der Waals surface area contributed by atoms with Gasteiger partial charge in [0.1, 0.15) is 28.7 Å². The zero-order chi connectivity index (χ0) is 22.6. The highest BCUT2D eigenvalue weighted by Gasteiger charge is 2.30. The summed E-state index contributed by atoms with van der Waals surface area (Å²) < 4.78 is 12.2. The van der Waals surface area contributed by atoms with E-state index in [1.54, 1.807) is 6.20 Å². The largest absolute Gasteiger partial charge is 0.507 e. The first-order chi connectivity index (χ1) is 15.2. The van der Waals surface area contributed by atoms with Crippen molar-refractivity contribution in [3.05, 3.63) is 69.7 Å². The average Bonchev–Trinajstić information content (AvgIpc) is 3.20. The standard InChI is InChI=1S/C26H24N2O4/c1-14(2)5-7-17-22(29)21-23(30)19(15-6-8-20-16(11-15)12-27-28-20)13-31-25(21)18-9-10-26(3,4)32-24(17)18/h5-6,8-13,29H,7H2,1-4H3,(H,27,28). The second-order valence-electron chi connectivity index (χ2n) is 8.95. The number of ether oxygens (including phenoxy) is 1. The molecule has 6 heteroatoms. The van der Waals surface area contributed by atoms with Crippen molar-refractivity contribution in [2.75, 3.05) is 0 Å². The van der Waals surface area contributed by atoms with Crippen molar-refractivity contribution in [2.45, 2.75) is 39.7 Å². The van der Waals surface area contributed by atoms with Crippen molar-refractivity contribution < 1.29 is 14.3 Å². The van der Waals surface area contributed by atoms with Gasteiger partial charge in [-0.3, -0.25) is 9.89 Å². The summed E-state index contributed by atoms with van der Waals surface area (Å²) >= 11 is 0. The first-order valence-electron chi connectivity index (χ1n) is 10.5. The molecule has 32 heavy (non-hydrogen) atoms. The Hall–Kier alpha value is -3.80. The smallest absolute Gasteiger partial charge is 0.204 e. The van der Waals surface area contributed by atoms with Gasteiger partial charge in [-0.25, -0.2) is 0 Å². The van der Waals surface area contributed by atoms with E-state index >= 15 is 0 Å². The Bertz CT molecular complexity index is 1500. The number of H-pyrrole nitrogens is 1. The molecule has 0 saturated carbocycles. The van der Waals surface area contributed by atoms with E-state index in [2.05, 4.69) is 10.2 Å². The molecular formula is C26H24N2O4. The number of aromatic nitrogens is 2. The zero-order valence-corrected chi connectivity index (χ0v) is 18.4. The first kappa shape index (κ1) is 20.1. The molecule has 0 amide bonds. The molecule has 0 atom stereocenters. The highest BCUT2D eigenvalue weighted by molar-refractivity contribution is 5.97. The van der Waals surface area contributed by atoms with Gasteiger partial charge in [0.05, 0.1) is 22.8 Å². The van der Waals surface area contributed by atoms with Crippen LogP contribution in [-0.2, 0) is 6.42 Å². The molecule has 3 heterocycles. The van der Waals surface area contributed by atoms with Gasteiger partial charge < -0.3 is 14.3 Å². The molecule has 2 aromatic carbocycles. The Labute approximate surface area is 184 Å². The Morgan fingerprint density at radius 3 is 2.88 bits per heavy atom. The number of nitrogens with zero attached hydrogens (tertiary/aromatic N) is 1. The van der Waals surface area contributed by atoms with Gasteiger partial charge in [-0.05, 0) is 64.0 Å². The van der Waals surface area contributed by atoms with Crippen LogP contribution in [-0.4, -0.2) is 20.9 Å². The third-order valence-corrected chi connectivity index (χ3v) is 5.76. The summed E-state index contributed by atoms with van der Waals surface area (Å²) in [5.41, 5.74) is 3.82. The third kappa shape index (κ3) is 3.19. The van der Waals surface area contributed by atoms with Crippen LogP contribution in [0.15, 0.2) is 57.6 Å². The average molecular weight is 428 g/mol. The predicted molar refractivity (Wildman–Crippen MR) is 126 cm³/mol. The van der Waals surface area contributed by atoms with E-state index in [1.165, 1.54) is 6.26 Å². The minimum atomic E-state index is -0.535. The van der Waals surface area contributed by atoms with Gasteiger partial charge in [0, 0.05) is 10.9 Å². The van der Waals surface area contributed by atoms with Gasteiger partial charge in [0.15, 0.2) is 5.58 Å². The molecular weight excluding hydrogens is 404 g/mol. The molecule has 0 bridgehead atoms. The third-order valence-electron chi connectivity index (χ3n) is 5.76. The summed E-state index contributed by atoms with van der Waals surface area (Å²) in [7, 11) is 0. The molecule has 0 radical (unpaired) electrons. The van der Waals surface area contributed by atoms with Crippen molar-refractivity contribution in [2.24, 2.45) is 0 Å². The van der Waals surface area contributed by atoms with Crippen molar-refractivity contribution in [3.63, 3.8) is 0 Å². The highest BCUT2D eigenvalue weighted by atomic mass is 16.5. The Morgan fingerprint density at radius 1 is 1.28 bits per heavy atom. The maximum absolute atomic E-state index is 13.6. The number of rotatable bonds is 3. The number of aromatic amines is 1. The predicted octanol–water partition coefficient (Wildman–Crippen LogP) is 5.73. The maximum atomic E-state index is 13.6. The van der Waals surface area contributed by atoms with E-state index in [0.717, 1.165) is 16.5 Å². The van der Waals surface area contributed by atoms with Crippen LogP contribution in [0.5, 0.6) is 11.5 Å². The Morgan fingerprint density at radius 2 is 2.09 bits per heavy atom. The van der Waals surface area contributed by atoms with Crippen LogP contribution in [0.3, 0.4) is 0 Å². The maximum Gasteiger partial charge on any atom is 0.204 e. The topological polar surface area (TPSA) is 88.4 Å². The molecule has 5 rings (SSSR count). The molecule has 0 spiro atoms. The molecule has 1 aliphatic heterocycles. The number of nitrogens with one attached hydrogen (secondary N) is 1. The minimum absolute atomic E-state index is 0.0951. The van der Waals surface area contributed by atoms with Gasteiger partial charge in [-0.1, -0.05) is 17.7 Å². The van der Waals surface area contributed by atoms with Crippen LogP contribution in [0.2, 0.25) is 0 Å². The van der Waals surface area contributed by atoms with Crippen molar-refractivity contribution in [1.29, 1.82) is 0 Å². The number of hydrogen-bond donors (Lipinski definition) is 2. The number of phenols is 1. The fraction of sp³-hybridized carbons (Fsp3) is 0.231. The summed E-state index contributed by atoms with van der Waals surface area (Å²) in [6.07, 6.45) is 9.45. The van der Waals surface area contributed by atoms with Gasteiger partial charge >= 0.3 is 0 Å². The molecule has 2 N–H and O–H groups in total. The SMILES string of the molecule is CC(C)=CCc1c2c(c3occ(-c4ccc5[nH]ncc5c4)c(=O)c3c1O)C=CC(C)(C)O2. The Kier molecular flexibility index (Phi) is 4.48. The second kappa shape index (κ2) is 7.12. The first-order valence-corrected chi connectivity index (χ1v) is 10.5. The van der Waals surface area contributed by atoms with Gasteiger partial charge in [-0.15, -0.1) is 0 Å². The van der Waals surface area contributed by atoms with E-state index in [1.807, 2.05) is 64.1 Å². The number of fused-ring (bicyclic) bond motifs is 4. The van der Waals surface area contributed by atoms with E-state index < -0.39 is 5.60 Å². The minimum Gasteiger partial charge on any atom is -0.507 e. The Balaban J connectivity index is 1.80. The molecule has 0 aliphatic carbocycles. The summed E-state index contributed by atoms with van der Waals surface area (Å²) in [6, 6.07) is 5.58. The van der Waals surface area contributed by atoms with Crippen LogP contribution in [0.25, 0.3) is 39.1 Å². The van der Waals surface area contributed by atoms with Crippen molar-refractivity contribution >= 4 is 27.9 Å². The van der Waals surface area contributed by atoms with Crippen LogP contribution in [0, 0.1) is 0 Å². The fourth-order valence-corrected chi connectivity index (χ4v) is 4.06. The van der Waals surface area contributed by atoms with Crippen LogP contribution in [0.4, 0.5) is 0 Å². The van der Waals surface area contributed by atoms with E-state index in [-0.39, 0.29) is 16.6 Å². The summed E-state index contributed by atoms with van der Waals surface area (Å²) in [5, 5.41) is 19.3. The number of hydrogen-bond acceptors (Lipinski definition) is 5. The van der Waals surface area contributed by atoms with Crippen LogP contribution in [0.1, 0.15) is 38.8 Å². The van der Waals surface area contributed by atoms with Crippen LogP contribution >= 0.6 is 0 Å². The lowest BCUT2D eigenvalue weighted by molar-refractivity contribution is 0.157. The number of benzene rings is 2. The van der Waals surface area contributed by atoms with Crippen LogP contribution < -0.4 is 10.2 Å². The summed E-state index contributed by atoms with van der Waals surface area (Å²) in [5.74, 6) is 0.457. The van der Waals surface area contributed by atoms with E-state index in [0.29, 0.717) is 40.0 Å². The molecule has 0 fully saturated rings. The molecule has 162 valence electrons. The molecule has 0 saturated heterocycles. The van der Waals surface area contributed by atoms with Crippen molar-refractivity contribution in [3.8, 4) is 22.6 Å². The van der Waals surface area contributed by atoms with E-state index in [9.17, 15) is 9.90 Å².